The van der Waals surface area contributed by atoms with Crippen LogP contribution in [0.3, 0.4) is 0 Å². The molecule has 0 fully saturated rings. The van der Waals surface area contributed by atoms with Gasteiger partial charge in [-0.1, -0.05) is 0 Å². The van der Waals surface area contributed by atoms with Gasteiger partial charge in [-0.2, -0.15) is 5.10 Å². The Hall–Kier alpha value is -0.910. The zero-order valence-electron chi connectivity index (χ0n) is 8.03. The maximum Gasteiger partial charge on any atom is 0.102 e. The summed E-state index contributed by atoms with van der Waals surface area (Å²) in [6, 6.07) is 3.99. The molecule has 0 aliphatic rings. The molecular formula is C10H10IN3. The molecule has 2 aromatic rings. The Labute approximate surface area is 96.3 Å². The highest BCUT2D eigenvalue weighted by atomic mass is 127. The van der Waals surface area contributed by atoms with E-state index in [0.717, 1.165) is 11.4 Å². The lowest BCUT2D eigenvalue weighted by molar-refractivity contribution is 0.772. The van der Waals surface area contributed by atoms with Gasteiger partial charge < -0.3 is 0 Å². The normalized spacial score (nSPS) is 10.5. The first-order valence-electron chi connectivity index (χ1n) is 4.29. The molecule has 2 rings (SSSR count). The molecule has 0 atom stereocenters. The van der Waals surface area contributed by atoms with Crippen LogP contribution in [0.5, 0.6) is 0 Å². The molecule has 0 radical (unpaired) electrons. The number of aromatic nitrogens is 3. The van der Waals surface area contributed by atoms with Crippen molar-refractivity contribution >= 4 is 22.6 Å². The van der Waals surface area contributed by atoms with Crippen LogP contribution in [-0.4, -0.2) is 14.8 Å². The Balaban J connectivity index is 2.63. The molecule has 0 amide bonds. The molecule has 0 N–H and O–H groups in total. The Kier molecular flexibility index (Phi) is 2.54. The lowest BCUT2D eigenvalue weighted by Gasteiger charge is -2.05. The van der Waals surface area contributed by atoms with Crippen LogP contribution in [0.1, 0.15) is 5.56 Å². The largest absolute Gasteiger partial charge is 0.266 e. The second-order valence-electron chi connectivity index (χ2n) is 3.13. The Morgan fingerprint density at radius 2 is 2.07 bits per heavy atom. The minimum Gasteiger partial charge on any atom is -0.266 e. The van der Waals surface area contributed by atoms with E-state index >= 15 is 0 Å². The maximum absolute atomic E-state index is 4.37. The molecule has 0 aliphatic carbocycles. The first-order valence-corrected chi connectivity index (χ1v) is 5.37. The summed E-state index contributed by atoms with van der Waals surface area (Å²) in [6.07, 6.45) is 3.62. The van der Waals surface area contributed by atoms with Crippen molar-refractivity contribution in [3.8, 4) is 11.4 Å². The van der Waals surface area contributed by atoms with E-state index in [1.165, 1.54) is 9.13 Å². The van der Waals surface area contributed by atoms with Gasteiger partial charge in [0.25, 0.3) is 0 Å². The summed E-state index contributed by atoms with van der Waals surface area (Å²) in [5, 5.41) is 4.14. The van der Waals surface area contributed by atoms with E-state index in [1.54, 1.807) is 6.20 Å². The highest BCUT2D eigenvalue weighted by Crippen LogP contribution is 2.24. The van der Waals surface area contributed by atoms with E-state index in [2.05, 4.69) is 39.6 Å². The lowest BCUT2D eigenvalue weighted by atomic mass is 10.2. The molecule has 4 heteroatoms. The van der Waals surface area contributed by atoms with Crippen molar-refractivity contribution in [2.24, 2.45) is 7.05 Å². The molecule has 0 unspecified atom stereocenters. The van der Waals surface area contributed by atoms with E-state index in [1.807, 2.05) is 30.1 Å². The number of nitrogens with zero attached hydrogens (tertiary/aromatic N) is 3. The standard InChI is InChI=1S/C10H10IN3/c1-7-3-5-12-10(9(7)11)8-4-6-13-14(8)2/h3-6H,1-2H3. The molecule has 0 saturated carbocycles. The zero-order valence-corrected chi connectivity index (χ0v) is 10.2. The number of aryl methyl sites for hydroxylation is 2. The maximum atomic E-state index is 4.37. The fourth-order valence-electron chi connectivity index (χ4n) is 1.32. The molecule has 2 heterocycles. The van der Waals surface area contributed by atoms with Crippen molar-refractivity contribution in [2.45, 2.75) is 6.92 Å². The number of hydrogen-bond acceptors (Lipinski definition) is 2. The van der Waals surface area contributed by atoms with Gasteiger partial charge in [0.2, 0.25) is 0 Å². The van der Waals surface area contributed by atoms with E-state index in [-0.39, 0.29) is 0 Å². The molecule has 0 aromatic carbocycles. The average molecular weight is 299 g/mol. The highest BCUT2D eigenvalue weighted by Gasteiger charge is 2.09. The summed E-state index contributed by atoms with van der Waals surface area (Å²) in [5.41, 5.74) is 3.31. The molecule has 2 aromatic heterocycles. The molecule has 0 saturated heterocycles. The third kappa shape index (κ3) is 1.54. The molecule has 72 valence electrons. The Bertz CT molecular complexity index is 462. The third-order valence-electron chi connectivity index (χ3n) is 2.15. The van der Waals surface area contributed by atoms with Crippen LogP contribution in [0.15, 0.2) is 24.5 Å². The summed E-state index contributed by atoms with van der Waals surface area (Å²) in [7, 11) is 1.93. The average Bonchev–Trinajstić information content (AvgIpc) is 2.57. The molecule has 0 aliphatic heterocycles. The van der Waals surface area contributed by atoms with Crippen LogP contribution in [0.4, 0.5) is 0 Å². The first-order chi connectivity index (χ1) is 6.70. The van der Waals surface area contributed by atoms with E-state index in [4.69, 9.17) is 0 Å². The van der Waals surface area contributed by atoms with Crippen LogP contribution in [0, 0.1) is 10.5 Å². The Morgan fingerprint density at radius 3 is 2.71 bits per heavy atom. The van der Waals surface area contributed by atoms with Gasteiger partial charge in [-0.05, 0) is 47.2 Å². The van der Waals surface area contributed by atoms with Crippen LogP contribution in [0.25, 0.3) is 11.4 Å². The second kappa shape index (κ2) is 3.68. The van der Waals surface area contributed by atoms with Gasteiger partial charge in [0, 0.05) is 23.0 Å². The van der Waals surface area contributed by atoms with Crippen molar-refractivity contribution in [2.75, 3.05) is 0 Å². The quantitative estimate of drug-likeness (QED) is 0.757. The highest BCUT2D eigenvalue weighted by molar-refractivity contribution is 14.1. The van der Waals surface area contributed by atoms with Gasteiger partial charge in [0.05, 0.1) is 5.69 Å². The van der Waals surface area contributed by atoms with Crippen molar-refractivity contribution in [1.82, 2.24) is 14.8 Å². The summed E-state index contributed by atoms with van der Waals surface area (Å²) in [4.78, 5) is 4.37. The van der Waals surface area contributed by atoms with Crippen molar-refractivity contribution in [3.05, 3.63) is 33.7 Å². The fraction of sp³-hybridized carbons (Fsp3) is 0.200. The van der Waals surface area contributed by atoms with Gasteiger partial charge in [0.1, 0.15) is 5.69 Å². The number of pyridine rings is 1. The van der Waals surface area contributed by atoms with E-state index < -0.39 is 0 Å². The predicted octanol–water partition coefficient (Wildman–Crippen LogP) is 2.40. The summed E-state index contributed by atoms with van der Waals surface area (Å²) in [6.45, 7) is 2.09. The molecule has 14 heavy (non-hydrogen) atoms. The van der Waals surface area contributed by atoms with Gasteiger partial charge >= 0.3 is 0 Å². The number of halogens is 1. The van der Waals surface area contributed by atoms with Gasteiger partial charge in [-0.25, -0.2) is 0 Å². The summed E-state index contributed by atoms with van der Waals surface area (Å²) >= 11 is 2.32. The van der Waals surface area contributed by atoms with E-state index in [0.29, 0.717) is 0 Å². The van der Waals surface area contributed by atoms with Crippen molar-refractivity contribution < 1.29 is 0 Å². The monoisotopic (exact) mass is 299 g/mol. The zero-order chi connectivity index (χ0) is 10.1. The third-order valence-corrected chi connectivity index (χ3v) is 3.51. The fourth-order valence-corrected chi connectivity index (χ4v) is 1.92. The molecule has 0 bridgehead atoms. The minimum atomic E-state index is 1.01. The van der Waals surface area contributed by atoms with Gasteiger partial charge in [-0.3, -0.25) is 9.67 Å². The molecule has 0 spiro atoms. The van der Waals surface area contributed by atoms with Crippen LogP contribution >= 0.6 is 22.6 Å². The van der Waals surface area contributed by atoms with Crippen molar-refractivity contribution in [1.29, 1.82) is 0 Å². The smallest absolute Gasteiger partial charge is 0.102 e. The number of rotatable bonds is 1. The Morgan fingerprint density at radius 1 is 1.29 bits per heavy atom. The van der Waals surface area contributed by atoms with Crippen LogP contribution in [-0.2, 0) is 7.05 Å². The topological polar surface area (TPSA) is 30.7 Å². The van der Waals surface area contributed by atoms with Gasteiger partial charge in [-0.15, -0.1) is 0 Å². The summed E-state index contributed by atoms with van der Waals surface area (Å²) < 4.78 is 3.03. The lowest BCUT2D eigenvalue weighted by Crippen LogP contribution is -1.98. The SMILES string of the molecule is Cc1ccnc(-c2ccnn2C)c1I. The predicted molar refractivity (Wildman–Crippen MR) is 63.9 cm³/mol. The van der Waals surface area contributed by atoms with E-state index in [9.17, 15) is 0 Å². The molecule has 3 nitrogen and oxygen atoms in total. The molecular weight excluding hydrogens is 289 g/mol. The van der Waals surface area contributed by atoms with Gasteiger partial charge in [0.15, 0.2) is 0 Å². The summed E-state index contributed by atoms with van der Waals surface area (Å²) in [5.74, 6) is 0. The van der Waals surface area contributed by atoms with Crippen LogP contribution < -0.4 is 0 Å². The first kappa shape index (κ1) is 9.64. The second-order valence-corrected chi connectivity index (χ2v) is 4.21. The minimum absolute atomic E-state index is 1.01. The van der Waals surface area contributed by atoms with Crippen LogP contribution in [0.2, 0.25) is 0 Å². The van der Waals surface area contributed by atoms with Crippen molar-refractivity contribution in [3.63, 3.8) is 0 Å². The number of hydrogen-bond donors (Lipinski definition) is 0.